The topological polar surface area (TPSA) is 55.4 Å². The van der Waals surface area contributed by atoms with Crippen LogP contribution in [0.1, 0.15) is 24.4 Å². The number of benzene rings is 3. The highest BCUT2D eigenvalue weighted by Gasteiger charge is 2.35. The van der Waals surface area contributed by atoms with E-state index in [2.05, 4.69) is 4.72 Å². The molecule has 1 atom stereocenters. The van der Waals surface area contributed by atoms with Crippen LogP contribution in [0.4, 0.5) is 0 Å². The molecule has 5 heteroatoms. The van der Waals surface area contributed by atoms with Gasteiger partial charge in [-0.05, 0) is 59.4 Å². The van der Waals surface area contributed by atoms with Gasteiger partial charge in [0.1, 0.15) is 5.75 Å². The van der Waals surface area contributed by atoms with Gasteiger partial charge in [0.05, 0.1) is 12.0 Å². The molecule has 1 unspecified atom stereocenters. The van der Waals surface area contributed by atoms with E-state index < -0.39 is 10.0 Å². The number of fused-ring (bicyclic) bond motifs is 1. The Hall–Kier alpha value is -2.37. The Morgan fingerprint density at radius 3 is 2.31 bits per heavy atom. The van der Waals surface area contributed by atoms with Gasteiger partial charge in [0.25, 0.3) is 0 Å². The molecule has 134 valence electrons. The number of ether oxygens (including phenoxy) is 1. The SMILES string of the molecule is COc1ccc(C(NS(=O)(=O)c2ccc3ccccc3c2)C2CC2)cc1. The molecule has 26 heavy (non-hydrogen) atoms. The van der Waals surface area contributed by atoms with E-state index in [0.29, 0.717) is 10.8 Å². The molecule has 3 aromatic rings. The molecule has 1 saturated carbocycles. The Morgan fingerprint density at radius 2 is 1.65 bits per heavy atom. The van der Waals surface area contributed by atoms with Gasteiger partial charge in [-0.15, -0.1) is 0 Å². The zero-order chi connectivity index (χ0) is 18.1. The van der Waals surface area contributed by atoms with Crippen LogP contribution in [0, 0.1) is 5.92 Å². The minimum atomic E-state index is -3.60. The predicted octanol–water partition coefficient (Wildman–Crippen LogP) is 4.28. The Balaban J connectivity index is 1.64. The molecular weight excluding hydrogens is 346 g/mol. The van der Waals surface area contributed by atoms with Crippen molar-refractivity contribution in [3.05, 3.63) is 72.3 Å². The van der Waals surface area contributed by atoms with Gasteiger partial charge >= 0.3 is 0 Å². The number of hydrogen-bond acceptors (Lipinski definition) is 3. The van der Waals surface area contributed by atoms with Crippen LogP contribution in [0.2, 0.25) is 0 Å². The molecule has 0 bridgehead atoms. The molecular formula is C21H21NO3S. The average Bonchev–Trinajstić information content (AvgIpc) is 3.51. The number of hydrogen-bond donors (Lipinski definition) is 1. The minimum Gasteiger partial charge on any atom is -0.497 e. The van der Waals surface area contributed by atoms with Crippen molar-refractivity contribution in [2.75, 3.05) is 7.11 Å². The first-order valence-electron chi connectivity index (χ1n) is 8.72. The lowest BCUT2D eigenvalue weighted by molar-refractivity contribution is 0.414. The van der Waals surface area contributed by atoms with Crippen molar-refractivity contribution in [3.8, 4) is 5.75 Å². The molecule has 4 nitrogen and oxygen atoms in total. The van der Waals surface area contributed by atoms with E-state index >= 15 is 0 Å². The van der Waals surface area contributed by atoms with Crippen molar-refractivity contribution in [2.45, 2.75) is 23.8 Å². The maximum atomic E-state index is 13.0. The summed E-state index contributed by atoms with van der Waals surface area (Å²) in [5.41, 5.74) is 0.970. The predicted molar refractivity (Wildman–Crippen MR) is 103 cm³/mol. The molecule has 0 amide bonds. The molecule has 1 N–H and O–H groups in total. The minimum absolute atomic E-state index is 0.211. The standard InChI is InChI=1S/C21H21NO3S/c1-25-19-11-8-17(9-12-19)21(16-6-7-16)22-26(23,24)20-13-10-15-4-2-3-5-18(15)14-20/h2-5,8-14,16,21-22H,6-7H2,1H3. The van der Waals surface area contributed by atoms with E-state index in [0.717, 1.165) is 34.9 Å². The van der Waals surface area contributed by atoms with E-state index in [9.17, 15) is 8.42 Å². The Morgan fingerprint density at radius 1 is 0.962 bits per heavy atom. The maximum Gasteiger partial charge on any atom is 0.241 e. The van der Waals surface area contributed by atoms with Crippen LogP contribution in [-0.4, -0.2) is 15.5 Å². The van der Waals surface area contributed by atoms with Crippen LogP contribution >= 0.6 is 0 Å². The summed E-state index contributed by atoms with van der Waals surface area (Å²) in [6.45, 7) is 0. The van der Waals surface area contributed by atoms with Crippen LogP contribution in [0.3, 0.4) is 0 Å². The summed E-state index contributed by atoms with van der Waals surface area (Å²) >= 11 is 0. The van der Waals surface area contributed by atoms with E-state index in [-0.39, 0.29) is 6.04 Å². The number of methoxy groups -OCH3 is 1. The van der Waals surface area contributed by atoms with Crippen molar-refractivity contribution < 1.29 is 13.2 Å². The van der Waals surface area contributed by atoms with Gasteiger partial charge in [-0.25, -0.2) is 13.1 Å². The van der Waals surface area contributed by atoms with Gasteiger partial charge < -0.3 is 4.74 Å². The highest BCUT2D eigenvalue weighted by molar-refractivity contribution is 7.89. The van der Waals surface area contributed by atoms with Crippen molar-refractivity contribution in [1.29, 1.82) is 0 Å². The largest absolute Gasteiger partial charge is 0.497 e. The van der Waals surface area contributed by atoms with Gasteiger partial charge in [-0.2, -0.15) is 0 Å². The molecule has 1 fully saturated rings. The Labute approximate surface area is 153 Å². The highest BCUT2D eigenvalue weighted by atomic mass is 32.2. The van der Waals surface area contributed by atoms with E-state index in [1.807, 2.05) is 54.6 Å². The summed E-state index contributed by atoms with van der Waals surface area (Å²) in [6.07, 6.45) is 2.08. The van der Waals surface area contributed by atoms with Crippen LogP contribution in [0.25, 0.3) is 10.8 Å². The zero-order valence-corrected chi connectivity index (χ0v) is 15.4. The highest BCUT2D eigenvalue weighted by Crippen LogP contribution is 2.42. The first-order valence-corrected chi connectivity index (χ1v) is 10.2. The third-order valence-corrected chi connectivity index (χ3v) is 6.32. The summed E-state index contributed by atoms with van der Waals surface area (Å²) in [5, 5.41) is 1.95. The third kappa shape index (κ3) is 3.45. The van der Waals surface area contributed by atoms with Crippen molar-refractivity contribution in [3.63, 3.8) is 0 Å². The molecule has 0 aliphatic heterocycles. The average molecular weight is 367 g/mol. The summed E-state index contributed by atoms with van der Waals surface area (Å²) in [6, 6.07) is 20.4. The molecule has 0 spiro atoms. The molecule has 0 aromatic heterocycles. The summed E-state index contributed by atoms with van der Waals surface area (Å²) in [7, 11) is -1.98. The van der Waals surface area contributed by atoms with Crippen LogP contribution in [0.15, 0.2) is 71.6 Å². The van der Waals surface area contributed by atoms with Gasteiger partial charge in [-0.3, -0.25) is 0 Å². The second-order valence-electron chi connectivity index (χ2n) is 6.72. The molecule has 1 aliphatic carbocycles. The fourth-order valence-electron chi connectivity index (χ4n) is 3.25. The molecule has 1 aliphatic rings. The molecule has 0 radical (unpaired) electrons. The fraction of sp³-hybridized carbons (Fsp3) is 0.238. The first-order chi connectivity index (χ1) is 12.6. The van der Waals surface area contributed by atoms with E-state index in [1.54, 1.807) is 19.2 Å². The smallest absolute Gasteiger partial charge is 0.241 e. The van der Waals surface area contributed by atoms with Gasteiger partial charge in [0.15, 0.2) is 0 Å². The normalized spacial score (nSPS) is 15.7. The molecule has 3 aromatic carbocycles. The molecule has 4 rings (SSSR count). The maximum absolute atomic E-state index is 13.0. The lowest BCUT2D eigenvalue weighted by Gasteiger charge is -2.19. The number of sulfonamides is 1. The first kappa shape index (κ1) is 17.1. The summed E-state index contributed by atoms with van der Waals surface area (Å²) < 4.78 is 34.1. The van der Waals surface area contributed by atoms with Gasteiger partial charge in [0.2, 0.25) is 10.0 Å². The van der Waals surface area contributed by atoms with Gasteiger partial charge in [-0.1, -0.05) is 42.5 Å². The van der Waals surface area contributed by atoms with Crippen LogP contribution < -0.4 is 9.46 Å². The van der Waals surface area contributed by atoms with E-state index in [4.69, 9.17) is 4.74 Å². The third-order valence-electron chi connectivity index (χ3n) is 4.88. The Kier molecular flexibility index (Phi) is 4.42. The van der Waals surface area contributed by atoms with Crippen molar-refractivity contribution in [1.82, 2.24) is 4.72 Å². The summed E-state index contributed by atoms with van der Waals surface area (Å²) in [5.74, 6) is 1.11. The summed E-state index contributed by atoms with van der Waals surface area (Å²) in [4.78, 5) is 0.301. The zero-order valence-electron chi connectivity index (χ0n) is 14.6. The number of rotatable bonds is 6. The number of nitrogens with one attached hydrogen (secondary N) is 1. The molecule has 0 saturated heterocycles. The lowest BCUT2D eigenvalue weighted by Crippen LogP contribution is -2.30. The fourth-order valence-corrected chi connectivity index (χ4v) is 4.58. The van der Waals surface area contributed by atoms with E-state index in [1.165, 1.54) is 0 Å². The second kappa shape index (κ2) is 6.74. The quantitative estimate of drug-likeness (QED) is 0.707. The monoisotopic (exact) mass is 367 g/mol. The van der Waals surface area contributed by atoms with Crippen molar-refractivity contribution >= 4 is 20.8 Å². The molecule has 0 heterocycles. The second-order valence-corrected chi connectivity index (χ2v) is 8.43. The van der Waals surface area contributed by atoms with Crippen LogP contribution in [-0.2, 0) is 10.0 Å². The van der Waals surface area contributed by atoms with Crippen molar-refractivity contribution in [2.24, 2.45) is 5.92 Å². The Bertz CT molecular complexity index is 1020. The van der Waals surface area contributed by atoms with Gasteiger partial charge in [0, 0.05) is 6.04 Å². The van der Waals surface area contributed by atoms with Crippen LogP contribution in [0.5, 0.6) is 5.75 Å². The lowest BCUT2D eigenvalue weighted by atomic mass is 10.0.